The van der Waals surface area contributed by atoms with Gasteiger partial charge in [0.2, 0.25) is 5.91 Å². The van der Waals surface area contributed by atoms with E-state index in [-0.39, 0.29) is 10.7 Å². The minimum atomic E-state index is -0.187. The first-order valence-electron chi connectivity index (χ1n) is 4.12. The van der Waals surface area contributed by atoms with Crippen molar-refractivity contribution in [1.29, 1.82) is 0 Å². The number of aromatic nitrogens is 2. The van der Waals surface area contributed by atoms with Crippen LogP contribution in [0.1, 0.15) is 13.8 Å². The van der Waals surface area contributed by atoms with E-state index in [1.165, 1.54) is 0 Å². The zero-order valence-corrected chi connectivity index (χ0v) is 9.21. The van der Waals surface area contributed by atoms with Crippen molar-refractivity contribution in [2.24, 2.45) is 0 Å². The van der Waals surface area contributed by atoms with Crippen LogP contribution in [-0.2, 0) is 11.3 Å². The lowest BCUT2D eigenvalue weighted by atomic mass is 10.4. The van der Waals surface area contributed by atoms with E-state index in [9.17, 15) is 4.79 Å². The topological polar surface area (TPSA) is 46.9 Å². The standard InChI is InChI=1S/C8H12BrN3O/c1-3-12-7(4-5-10-12)11-8(13)6(2)9/h4-6H,3H2,1-2H3,(H,11,13)/t6-/m1/s1. The smallest absolute Gasteiger partial charge is 0.239 e. The molecular weight excluding hydrogens is 234 g/mol. The van der Waals surface area contributed by atoms with Gasteiger partial charge in [0, 0.05) is 12.6 Å². The van der Waals surface area contributed by atoms with E-state index in [4.69, 9.17) is 0 Å². The van der Waals surface area contributed by atoms with Crippen LogP contribution < -0.4 is 5.32 Å². The van der Waals surface area contributed by atoms with Crippen LogP contribution in [0.15, 0.2) is 12.3 Å². The zero-order chi connectivity index (χ0) is 9.84. The zero-order valence-electron chi connectivity index (χ0n) is 7.62. The van der Waals surface area contributed by atoms with Crippen LogP contribution in [0.3, 0.4) is 0 Å². The van der Waals surface area contributed by atoms with E-state index in [1.807, 2.05) is 6.92 Å². The SMILES string of the molecule is CCn1nccc1NC(=O)[C@@H](C)Br. The summed E-state index contributed by atoms with van der Waals surface area (Å²) in [6.07, 6.45) is 1.66. The van der Waals surface area contributed by atoms with Gasteiger partial charge in [-0.2, -0.15) is 5.10 Å². The molecule has 5 heteroatoms. The predicted molar refractivity (Wildman–Crippen MR) is 54.9 cm³/mol. The molecule has 0 saturated heterocycles. The third-order valence-corrected chi connectivity index (χ3v) is 2.04. The number of aryl methyl sites for hydroxylation is 1. The number of nitrogens with one attached hydrogen (secondary N) is 1. The Morgan fingerprint density at radius 1 is 1.85 bits per heavy atom. The predicted octanol–water partition coefficient (Wildman–Crippen LogP) is 1.62. The van der Waals surface area contributed by atoms with Crippen LogP contribution in [0.4, 0.5) is 5.82 Å². The molecule has 1 rings (SSSR count). The van der Waals surface area contributed by atoms with Crippen LogP contribution in [0.5, 0.6) is 0 Å². The van der Waals surface area contributed by atoms with E-state index in [0.29, 0.717) is 0 Å². The number of hydrogen-bond acceptors (Lipinski definition) is 2. The van der Waals surface area contributed by atoms with Crippen LogP contribution in [-0.4, -0.2) is 20.5 Å². The highest BCUT2D eigenvalue weighted by Gasteiger charge is 2.10. The number of anilines is 1. The third kappa shape index (κ3) is 2.55. The lowest BCUT2D eigenvalue weighted by Crippen LogP contribution is -2.21. The maximum absolute atomic E-state index is 11.3. The fourth-order valence-electron chi connectivity index (χ4n) is 0.917. The van der Waals surface area contributed by atoms with Gasteiger partial charge in [0.15, 0.2) is 0 Å². The molecule has 1 aromatic heterocycles. The second kappa shape index (κ2) is 4.41. The summed E-state index contributed by atoms with van der Waals surface area (Å²) in [6.45, 7) is 4.50. The van der Waals surface area contributed by atoms with Crippen LogP contribution >= 0.6 is 15.9 Å². The molecule has 1 heterocycles. The number of rotatable bonds is 3. The average molecular weight is 246 g/mol. The number of carbonyl (C=O) groups is 1. The summed E-state index contributed by atoms with van der Waals surface area (Å²) in [5.74, 6) is 0.675. The number of carbonyl (C=O) groups excluding carboxylic acids is 1. The lowest BCUT2D eigenvalue weighted by molar-refractivity contribution is -0.115. The number of alkyl halides is 1. The fraction of sp³-hybridized carbons (Fsp3) is 0.500. The van der Waals surface area contributed by atoms with Gasteiger partial charge in [-0.3, -0.25) is 4.79 Å². The summed E-state index contributed by atoms with van der Waals surface area (Å²) < 4.78 is 1.73. The van der Waals surface area contributed by atoms with E-state index in [1.54, 1.807) is 23.9 Å². The molecule has 13 heavy (non-hydrogen) atoms. The number of amides is 1. The second-order valence-electron chi connectivity index (χ2n) is 2.64. The van der Waals surface area contributed by atoms with Gasteiger partial charge in [0.25, 0.3) is 0 Å². The van der Waals surface area contributed by atoms with Gasteiger partial charge in [-0.1, -0.05) is 15.9 Å². The molecule has 1 atom stereocenters. The summed E-state index contributed by atoms with van der Waals surface area (Å²) >= 11 is 3.19. The Morgan fingerprint density at radius 2 is 2.54 bits per heavy atom. The molecule has 0 aromatic carbocycles. The van der Waals surface area contributed by atoms with Gasteiger partial charge in [0.05, 0.1) is 11.0 Å². The van der Waals surface area contributed by atoms with Crippen molar-refractivity contribution >= 4 is 27.7 Å². The second-order valence-corrected chi connectivity index (χ2v) is 4.01. The molecule has 0 aliphatic carbocycles. The van der Waals surface area contributed by atoms with Gasteiger partial charge in [-0.05, 0) is 13.8 Å². The summed E-state index contributed by atoms with van der Waals surface area (Å²) in [5.41, 5.74) is 0. The van der Waals surface area contributed by atoms with Crippen molar-refractivity contribution in [3.8, 4) is 0 Å². The maximum Gasteiger partial charge on any atom is 0.239 e. The Labute approximate surface area is 85.4 Å². The summed E-state index contributed by atoms with van der Waals surface area (Å²) in [5, 5.41) is 6.79. The normalized spacial score (nSPS) is 12.5. The van der Waals surface area contributed by atoms with Gasteiger partial charge in [-0.25, -0.2) is 4.68 Å². The lowest BCUT2D eigenvalue weighted by Gasteiger charge is -2.07. The quantitative estimate of drug-likeness (QED) is 0.824. The summed E-state index contributed by atoms with van der Waals surface area (Å²) in [7, 11) is 0. The maximum atomic E-state index is 11.3. The Balaban J connectivity index is 2.68. The molecule has 0 saturated carbocycles. The summed E-state index contributed by atoms with van der Waals surface area (Å²) in [6, 6.07) is 1.77. The fourth-order valence-corrected chi connectivity index (χ4v) is 1.03. The molecule has 0 spiro atoms. The van der Waals surface area contributed by atoms with Crippen molar-refractivity contribution in [2.75, 3.05) is 5.32 Å². The van der Waals surface area contributed by atoms with Crippen molar-refractivity contribution in [2.45, 2.75) is 25.2 Å². The van der Waals surface area contributed by atoms with Crippen LogP contribution in [0.2, 0.25) is 0 Å². The first-order valence-corrected chi connectivity index (χ1v) is 5.03. The molecule has 0 aliphatic heterocycles. The Kier molecular flexibility index (Phi) is 3.48. The van der Waals surface area contributed by atoms with E-state index >= 15 is 0 Å². The largest absolute Gasteiger partial charge is 0.310 e. The van der Waals surface area contributed by atoms with Crippen molar-refractivity contribution in [3.05, 3.63) is 12.3 Å². The minimum absolute atomic E-state index is 0.0600. The Bertz CT molecular complexity index is 295. The monoisotopic (exact) mass is 245 g/mol. The minimum Gasteiger partial charge on any atom is -0.310 e. The van der Waals surface area contributed by atoms with Crippen LogP contribution in [0, 0.1) is 0 Å². The van der Waals surface area contributed by atoms with E-state index in [2.05, 4.69) is 26.3 Å². The molecule has 4 nitrogen and oxygen atoms in total. The van der Waals surface area contributed by atoms with Crippen molar-refractivity contribution in [1.82, 2.24) is 9.78 Å². The number of nitrogens with zero attached hydrogens (tertiary/aromatic N) is 2. The first kappa shape index (κ1) is 10.2. The molecule has 1 N–H and O–H groups in total. The van der Waals surface area contributed by atoms with Crippen LogP contribution in [0.25, 0.3) is 0 Å². The molecule has 72 valence electrons. The average Bonchev–Trinajstić information content (AvgIpc) is 2.51. The molecule has 0 bridgehead atoms. The highest BCUT2D eigenvalue weighted by Crippen LogP contribution is 2.08. The Morgan fingerprint density at radius 3 is 3.08 bits per heavy atom. The van der Waals surface area contributed by atoms with Gasteiger partial charge in [-0.15, -0.1) is 0 Å². The van der Waals surface area contributed by atoms with Gasteiger partial charge < -0.3 is 5.32 Å². The molecule has 0 aliphatic rings. The van der Waals surface area contributed by atoms with E-state index < -0.39 is 0 Å². The highest BCUT2D eigenvalue weighted by atomic mass is 79.9. The van der Waals surface area contributed by atoms with Gasteiger partial charge in [0.1, 0.15) is 5.82 Å². The Hall–Kier alpha value is -0.840. The third-order valence-electron chi connectivity index (χ3n) is 1.63. The molecule has 0 radical (unpaired) electrons. The highest BCUT2D eigenvalue weighted by molar-refractivity contribution is 9.10. The van der Waals surface area contributed by atoms with E-state index in [0.717, 1.165) is 12.4 Å². The molecule has 0 unspecified atom stereocenters. The first-order chi connectivity index (χ1) is 6.15. The molecule has 1 amide bonds. The van der Waals surface area contributed by atoms with Gasteiger partial charge >= 0.3 is 0 Å². The number of hydrogen-bond donors (Lipinski definition) is 1. The molecule has 0 fully saturated rings. The number of halogens is 1. The molecule has 1 aromatic rings. The van der Waals surface area contributed by atoms with Crippen molar-refractivity contribution < 1.29 is 4.79 Å². The van der Waals surface area contributed by atoms with Crippen molar-refractivity contribution in [3.63, 3.8) is 0 Å². The molecular formula is C8H12BrN3O. The summed E-state index contributed by atoms with van der Waals surface area (Å²) in [4.78, 5) is 11.1.